The standard InChI is InChI=1S/C12H9N3O/c13-8-11-7-10(1-4-14-11)9-15-5-2-12(16)3-6-15/h1-7H,9H2. The Morgan fingerprint density at radius 1 is 1.31 bits per heavy atom. The van der Waals surface area contributed by atoms with Crippen molar-refractivity contribution in [1.82, 2.24) is 9.55 Å². The molecule has 2 aromatic heterocycles. The predicted molar refractivity (Wildman–Crippen MR) is 58.8 cm³/mol. The third-order valence-electron chi connectivity index (χ3n) is 2.16. The van der Waals surface area contributed by atoms with E-state index in [0.717, 1.165) is 5.56 Å². The summed E-state index contributed by atoms with van der Waals surface area (Å²) in [6, 6.07) is 8.58. The molecule has 0 radical (unpaired) electrons. The average Bonchev–Trinajstić information content (AvgIpc) is 2.32. The van der Waals surface area contributed by atoms with Crippen LogP contribution in [0.5, 0.6) is 0 Å². The molecule has 0 atom stereocenters. The van der Waals surface area contributed by atoms with E-state index in [1.165, 1.54) is 12.1 Å². The minimum Gasteiger partial charge on any atom is -0.350 e. The molecule has 0 aliphatic rings. The fourth-order valence-electron chi connectivity index (χ4n) is 1.39. The molecule has 0 unspecified atom stereocenters. The van der Waals surface area contributed by atoms with Crippen molar-refractivity contribution in [3.63, 3.8) is 0 Å². The highest BCUT2D eigenvalue weighted by atomic mass is 16.1. The second kappa shape index (κ2) is 4.41. The highest BCUT2D eigenvalue weighted by molar-refractivity contribution is 5.25. The fourth-order valence-corrected chi connectivity index (χ4v) is 1.39. The van der Waals surface area contributed by atoms with Gasteiger partial charge in [0.15, 0.2) is 5.43 Å². The monoisotopic (exact) mass is 211 g/mol. The highest BCUT2D eigenvalue weighted by Crippen LogP contribution is 2.03. The van der Waals surface area contributed by atoms with Crippen molar-refractivity contribution in [2.45, 2.75) is 6.54 Å². The Balaban J connectivity index is 2.24. The highest BCUT2D eigenvalue weighted by Gasteiger charge is 1.96. The fraction of sp³-hybridized carbons (Fsp3) is 0.0833. The molecular formula is C12H9N3O. The van der Waals surface area contributed by atoms with E-state index >= 15 is 0 Å². The Morgan fingerprint density at radius 2 is 2.06 bits per heavy atom. The molecule has 0 spiro atoms. The molecule has 4 nitrogen and oxygen atoms in total. The van der Waals surface area contributed by atoms with Gasteiger partial charge >= 0.3 is 0 Å². The van der Waals surface area contributed by atoms with Gasteiger partial charge in [-0.3, -0.25) is 4.79 Å². The Labute approximate surface area is 92.4 Å². The summed E-state index contributed by atoms with van der Waals surface area (Å²) in [5.41, 5.74) is 1.37. The lowest BCUT2D eigenvalue weighted by Gasteiger charge is -2.05. The van der Waals surface area contributed by atoms with Crippen molar-refractivity contribution in [3.8, 4) is 6.07 Å². The molecule has 0 aliphatic carbocycles. The van der Waals surface area contributed by atoms with E-state index in [2.05, 4.69) is 4.98 Å². The SMILES string of the molecule is N#Cc1cc(Cn2ccc(=O)cc2)ccn1. The van der Waals surface area contributed by atoms with Gasteiger partial charge in [-0.15, -0.1) is 0 Å². The summed E-state index contributed by atoms with van der Waals surface area (Å²) in [5.74, 6) is 0. The van der Waals surface area contributed by atoms with Crippen molar-refractivity contribution < 1.29 is 0 Å². The van der Waals surface area contributed by atoms with Gasteiger partial charge in [0.25, 0.3) is 0 Å². The Morgan fingerprint density at radius 3 is 2.75 bits per heavy atom. The summed E-state index contributed by atoms with van der Waals surface area (Å²) < 4.78 is 1.87. The van der Waals surface area contributed by atoms with Gasteiger partial charge in [0.05, 0.1) is 0 Å². The molecule has 78 valence electrons. The van der Waals surface area contributed by atoms with Crippen LogP contribution in [0.1, 0.15) is 11.3 Å². The summed E-state index contributed by atoms with van der Waals surface area (Å²) in [4.78, 5) is 14.8. The topological polar surface area (TPSA) is 58.7 Å². The molecule has 4 heteroatoms. The molecule has 0 saturated carbocycles. The molecule has 0 saturated heterocycles. The van der Waals surface area contributed by atoms with Crippen LogP contribution in [0.4, 0.5) is 0 Å². The Kier molecular flexibility index (Phi) is 2.79. The Bertz CT molecular complexity index is 575. The van der Waals surface area contributed by atoms with Gasteiger partial charge in [0.1, 0.15) is 11.8 Å². The summed E-state index contributed by atoms with van der Waals surface area (Å²) in [6.07, 6.45) is 5.04. The zero-order valence-corrected chi connectivity index (χ0v) is 8.50. The maximum absolute atomic E-state index is 10.9. The first-order valence-electron chi connectivity index (χ1n) is 4.79. The number of rotatable bonds is 2. The number of nitriles is 1. The number of aromatic nitrogens is 2. The average molecular weight is 211 g/mol. The van der Waals surface area contributed by atoms with E-state index in [4.69, 9.17) is 5.26 Å². The Hall–Kier alpha value is -2.41. The summed E-state index contributed by atoms with van der Waals surface area (Å²) in [7, 11) is 0. The second-order valence-corrected chi connectivity index (χ2v) is 3.37. The molecule has 2 aromatic rings. The third-order valence-corrected chi connectivity index (χ3v) is 2.16. The van der Waals surface area contributed by atoms with E-state index in [9.17, 15) is 4.79 Å². The molecule has 0 amide bonds. The van der Waals surface area contributed by atoms with E-state index in [0.29, 0.717) is 12.2 Å². The van der Waals surface area contributed by atoms with Gasteiger partial charge in [-0.1, -0.05) is 0 Å². The van der Waals surface area contributed by atoms with Crippen LogP contribution < -0.4 is 5.43 Å². The van der Waals surface area contributed by atoms with E-state index in [1.807, 2.05) is 16.7 Å². The zero-order valence-electron chi connectivity index (χ0n) is 8.50. The number of hydrogen-bond donors (Lipinski definition) is 0. The molecule has 2 rings (SSSR count). The first kappa shape index (κ1) is 10.1. The third kappa shape index (κ3) is 2.34. The predicted octanol–water partition coefficient (Wildman–Crippen LogP) is 1.16. The van der Waals surface area contributed by atoms with Crippen LogP contribution in [-0.2, 0) is 6.54 Å². The molecule has 0 aliphatic heterocycles. The zero-order chi connectivity index (χ0) is 11.4. The minimum atomic E-state index is -0.0105. The molecule has 16 heavy (non-hydrogen) atoms. The number of pyridine rings is 2. The van der Waals surface area contributed by atoms with Gasteiger partial charge < -0.3 is 4.57 Å². The van der Waals surface area contributed by atoms with Crippen LogP contribution >= 0.6 is 0 Å². The minimum absolute atomic E-state index is 0.0105. The van der Waals surface area contributed by atoms with Crippen LogP contribution in [-0.4, -0.2) is 9.55 Å². The first-order chi connectivity index (χ1) is 7.78. The molecular weight excluding hydrogens is 202 g/mol. The summed E-state index contributed by atoms with van der Waals surface area (Å²) in [5, 5.41) is 8.70. The molecule has 0 fully saturated rings. The lowest BCUT2D eigenvalue weighted by atomic mass is 10.2. The summed E-state index contributed by atoms with van der Waals surface area (Å²) >= 11 is 0. The van der Waals surface area contributed by atoms with Crippen LogP contribution in [0.25, 0.3) is 0 Å². The van der Waals surface area contributed by atoms with Crippen molar-refractivity contribution >= 4 is 0 Å². The van der Waals surface area contributed by atoms with Crippen LogP contribution in [0.3, 0.4) is 0 Å². The molecule has 2 heterocycles. The first-order valence-corrected chi connectivity index (χ1v) is 4.79. The quantitative estimate of drug-likeness (QED) is 0.749. The molecule has 0 aromatic carbocycles. The maximum atomic E-state index is 10.9. The largest absolute Gasteiger partial charge is 0.350 e. The van der Waals surface area contributed by atoms with E-state index in [-0.39, 0.29) is 5.43 Å². The molecule has 0 N–H and O–H groups in total. The molecule has 0 bridgehead atoms. The lowest BCUT2D eigenvalue weighted by Crippen LogP contribution is -2.04. The lowest BCUT2D eigenvalue weighted by molar-refractivity contribution is 0.787. The van der Waals surface area contributed by atoms with Gasteiger partial charge in [0, 0.05) is 37.3 Å². The van der Waals surface area contributed by atoms with Gasteiger partial charge in [-0.2, -0.15) is 5.26 Å². The number of hydrogen-bond acceptors (Lipinski definition) is 3. The normalized spacial score (nSPS) is 9.69. The van der Waals surface area contributed by atoms with Gasteiger partial charge in [-0.05, 0) is 17.7 Å². The number of nitrogens with zero attached hydrogens (tertiary/aromatic N) is 3. The van der Waals surface area contributed by atoms with E-state index in [1.54, 1.807) is 24.7 Å². The van der Waals surface area contributed by atoms with Crippen LogP contribution in [0.2, 0.25) is 0 Å². The maximum Gasteiger partial charge on any atom is 0.181 e. The van der Waals surface area contributed by atoms with Gasteiger partial charge in [-0.25, -0.2) is 4.98 Å². The smallest absolute Gasteiger partial charge is 0.181 e. The van der Waals surface area contributed by atoms with E-state index < -0.39 is 0 Å². The van der Waals surface area contributed by atoms with Crippen molar-refractivity contribution in [2.75, 3.05) is 0 Å². The van der Waals surface area contributed by atoms with Crippen LogP contribution in [0.15, 0.2) is 47.7 Å². The van der Waals surface area contributed by atoms with Crippen LogP contribution in [0, 0.1) is 11.3 Å². The van der Waals surface area contributed by atoms with Crippen molar-refractivity contribution in [2.24, 2.45) is 0 Å². The van der Waals surface area contributed by atoms with Gasteiger partial charge in [0.2, 0.25) is 0 Å². The summed E-state index contributed by atoms with van der Waals surface area (Å²) in [6.45, 7) is 0.622. The second-order valence-electron chi connectivity index (χ2n) is 3.37. The van der Waals surface area contributed by atoms with Crippen molar-refractivity contribution in [1.29, 1.82) is 5.26 Å². The van der Waals surface area contributed by atoms with Crippen molar-refractivity contribution in [3.05, 3.63) is 64.3 Å².